The Morgan fingerprint density at radius 1 is 1.04 bits per heavy atom. The molecule has 2 aromatic carbocycles. The van der Waals surface area contributed by atoms with Gasteiger partial charge in [0.05, 0.1) is 10.9 Å². The summed E-state index contributed by atoms with van der Waals surface area (Å²) >= 11 is 1.67. The Morgan fingerprint density at radius 2 is 1.64 bits per heavy atom. The summed E-state index contributed by atoms with van der Waals surface area (Å²) in [6.07, 6.45) is 2.01. The average molecular weight is 423 g/mol. The van der Waals surface area contributed by atoms with Crippen LogP contribution in [0.3, 0.4) is 0 Å². The van der Waals surface area contributed by atoms with Gasteiger partial charge in [0.1, 0.15) is 5.75 Å². The fourth-order valence-electron chi connectivity index (χ4n) is 2.50. The zero-order valence-corrected chi connectivity index (χ0v) is 18.1. The number of carbonyl (C=O) groups excluding carboxylic acids is 1. The van der Waals surface area contributed by atoms with Crippen LogP contribution in [0.25, 0.3) is 0 Å². The van der Waals surface area contributed by atoms with Crippen molar-refractivity contribution in [2.75, 3.05) is 12.9 Å². The molecule has 1 atom stereocenters. The van der Waals surface area contributed by atoms with Crippen LogP contribution in [-0.4, -0.2) is 33.2 Å². The Kier molecular flexibility index (Phi) is 7.91. The first-order chi connectivity index (χ1) is 13.2. The third kappa shape index (κ3) is 6.54. The first-order valence-corrected chi connectivity index (χ1v) is 11.6. The van der Waals surface area contributed by atoms with Crippen molar-refractivity contribution in [2.24, 2.45) is 0 Å². The molecule has 0 bridgehead atoms. The molecule has 152 valence electrons. The van der Waals surface area contributed by atoms with Crippen molar-refractivity contribution in [1.82, 2.24) is 10.0 Å². The molecule has 0 unspecified atom stereocenters. The minimum absolute atomic E-state index is 0.137. The molecule has 0 fully saturated rings. The Hall–Kier alpha value is -2.03. The summed E-state index contributed by atoms with van der Waals surface area (Å²) in [6, 6.07) is 13.7. The van der Waals surface area contributed by atoms with Crippen molar-refractivity contribution in [3.63, 3.8) is 0 Å². The molecule has 0 aliphatic heterocycles. The normalized spacial score (nSPS) is 12.6. The van der Waals surface area contributed by atoms with Crippen LogP contribution < -0.4 is 14.8 Å². The van der Waals surface area contributed by atoms with Crippen LogP contribution in [0.4, 0.5) is 0 Å². The van der Waals surface area contributed by atoms with Gasteiger partial charge in [0.25, 0.3) is 5.91 Å². The van der Waals surface area contributed by atoms with Crippen LogP contribution in [0.1, 0.15) is 32.4 Å². The molecule has 0 spiro atoms. The third-order valence-electron chi connectivity index (χ3n) is 3.89. The van der Waals surface area contributed by atoms with E-state index in [2.05, 4.69) is 10.0 Å². The van der Waals surface area contributed by atoms with Crippen LogP contribution in [0.2, 0.25) is 0 Å². The summed E-state index contributed by atoms with van der Waals surface area (Å²) in [7, 11) is -3.55. The highest BCUT2D eigenvalue weighted by atomic mass is 32.2. The van der Waals surface area contributed by atoms with Crippen LogP contribution in [0.5, 0.6) is 5.75 Å². The highest BCUT2D eigenvalue weighted by Gasteiger charge is 2.15. The molecule has 0 aromatic heterocycles. The van der Waals surface area contributed by atoms with E-state index in [1.165, 1.54) is 29.2 Å². The Morgan fingerprint density at radius 3 is 2.18 bits per heavy atom. The lowest BCUT2D eigenvalue weighted by Crippen LogP contribution is -2.31. The van der Waals surface area contributed by atoms with E-state index < -0.39 is 10.0 Å². The molecule has 8 heteroatoms. The van der Waals surface area contributed by atoms with Gasteiger partial charge in [-0.3, -0.25) is 4.79 Å². The molecule has 6 nitrogen and oxygen atoms in total. The zero-order valence-electron chi connectivity index (χ0n) is 16.4. The molecule has 2 N–H and O–H groups in total. The summed E-state index contributed by atoms with van der Waals surface area (Å²) < 4.78 is 32.2. The molecular weight excluding hydrogens is 396 g/mol. The quantitative estimate of drug-likeness (QED) is 0.606. The van der Waals surface area contributed by atoms with Crippen molar-refractivity contribution >= 4 is 27.7 Å². The number of thioether (sulfide) groups is 1. The molecule has 0 radical (unpaired) electrons. The summed E-state index contributed by atoms with van der Waals surface area (Å²) in [5.74, 6) is 0.176. The fraction of sp³-hybridized carbons (Fsp3) is 0.350. The molecule has 0 saturated carbocycles. The second kappa shape index (κ2) is 9.95. The molecule has 0 heterocycles. The Balaban J connectivity index is 1.88. The number of benzene rings is 2. The number of ether oxygens (including phenoxy) is 1. The lowest BCUT2D eigenvalue weighted by Gasteiger charge is -2.15. The number of hydrogen-bond acceptors (Lipinski definition) is 5. The first kappa shape index (κ1) is 22.3. The predicted octanol–water partition coefficient (Wildman–Crippen LogP) is 3.35. The number of carbonyl (C=O) groups is 1. The lowest BCUT2D eigenvalue weighted by atomic mass is 10.1. The fourth-order valence-corrected chi connectivity index (χ4v) is 4.16. The van der Waals surface area contributed by atoms with Crippen LogP contribution >= 0.6 is 11.8 Å². The predicted molar refractivity (Wildman–Crippen MR) is 112 cm³/mol. The van der Waals surface area contributed by atoms with Gasteiger partial charge in [-0.15, -0.1) is 11.8 Å². The Labute approximate surface area is 171 Å². The van der Waals surface area contributed by atoms with Crippen LogP contribution in [-0.2, 0) is 14.8 Å². The molecule has 28 heavy (non-hydrogen) atoms. The maximum Gasteiger partial charge on any atom is 0.258 e. The minimum Gasteiger partial charge on any atom is -0.484 e. The first-order valence-electron chi connectivity index (χ1n) is 8.90. The van der Waals surface area contributed by atoms with Gasteiger partial charge in [0, 0.05) is 10.9 Å². The van der Waals surface area contributed by atoms with Gasteiger partial charge in [-0.2, -0.15) is 0 Å². The molecule has 0 aliphatic carbocycles. The monoisotopic (exact) mass is 422 g/mol. The van der Waals surface area contributed by atoms with Crippen molar-refractivity contribution in [1.29, 1.82) is 0 Å². The van der Waals surface area contributed by atoms with Crippen LogP contribution in [0, 0.1) is 0 Å². The minimum atomic E-state index is -3.55. The van der Waals surface area contributed by atoms with Gasteiger partial charge in [-0.25, -0.2) is 13.1 Å². The van der Waals surface area contributed by atoms with Gasteiger partial charge in [0.15, 0.2) is 6.61 Å². The second-order valence-corrected chi connectivity index (χ2v) is 9.19. The summed E-state index contributed by atoms with van der Waals surface area (Å²) in [4.78, 5) is 13.4. The second-order valence-electron chi connectivity index (χ2n) is 6.60. The third-order valence-corrected chi connectivity index (χ3v) is 6.31. The molecular formula is C20H26N2O4S2. The van der Waals surface area contributed by atoms with Crippen molar-refractivity contribution in [3.05, 3.63) is 54.1 Å². The summed E-state index contributed by atoms with van der Waals surface area (Å²) in [5, 5.41) is 2.88. The molecule has 0 saturated heterocycles. The SMILES string of the molecule is CSc1ccc([C@@H](C)NC(=O)COc2ccc(S(=O)(=O)NC(C)C)cc2)cc1. The number of hydrogen-bond donors (Lipinski definition) is 2. The van der Waals surface area contributed by atoms with Crippen LogP contribution in [0.15, 0.2) is 58.3 Å². The largest absolute Gasteiger partial charge is 0.484 e. The van der Waals surface area contributed by atoms with Gasteiger partial charge >= 0.3 is 0 Å². The maximum atomic E-state index is 12.1. The van der Waals surface area contributed by atoms with E-state index in [9.17, 15) is 13.2 Å². The zero-order chi connectivity index (χ0) is 20.7. The van der Waals surface area contributed by atoms with E-state index in [1.54, 1.807) is 25.6 Å². The number of sulfonamides is 1. The van der Waals surface area contributed by atoms with Gasteiger partial charge in [-0.1, -0.05) is 12.1 Å². The number of nitrogens with one attached hydrogen (secondary N) is 2. The molecule has 1 amide bonds. The van der Waals surface area contributed by atoms with Crippen molar-refractivity contribution in [3.8, 4) is 5.75 Å². The van der Waals surface area contributed by atoms with E-state index >= 15 is 0 Å². The highest BCUT2D eigenvalue weighted by Crippen LogP contribution is 2.19. The topological polar surface area (TPSA) is 84.5 Å². The number of amides is 1. The number of rotatable bonds is 9. The summed E-state index contributed by atoms with van der Waals surface area (Å²) in [5.41, 5.74) is 1.01. The smallest absolute Gasteiger partial charge is 0.258 e. The van der Waals surface area contributed by atoms with E-state index in [0.717, 1.165) is 5.56 Å². The maximum absolute atomic E-state index is 12.1. The highest BCUT2D eigenvalue weighted by molar-refractivity contribution is 7.98. The standard InChI is InChI=1S/C20H26N2O4S2/c1-14(2)22-28(24,25)19-11-7-17(8-12-19)26-13-20(23)21-15(3)16-5-9-18(27-4)10-6-16/h5-12,14-15,22H,13H2,1-4H3,(H,21,23)/t15-/m1/s1. The molecule has 0 aliphatic rings. The van der Waals surface area contributed by atoms with Crippen molar-refractivity contribution < 1.29 is 17.9 Å². The van der Waals surface area contributed by atoms with Gasteiger partial charge < -0.3 is 10.1 Å². The van der Waals surface area contributed by atoms with Gasteiger partial charge in [0.2, 0.25) is 10.0 Å². The lowest BCUT2D eigenvalue weighted by molar-refractivity contribution is -0.123. The van der Waals surface area contributed by atoms with E-state index in [-0.39, 0.29) is 29.5 Å². The molecule has 2 aromatic rings. The van der Waals surface area contributed by atoms with Crippen molar-refractivity contribution in [2.45, 2.75) is 42.6 Å². The van der Waals surface area contributed by atoms with E-state index in [1.807, 2.05) is 37.4 Å². The average Bonchev–Trinajstić information content (AvgIpc) is 2.65. The van der Waals surface area contributed by atoms with E-state index in [4.69, 9.17) is 4.74 Å². The van der Waals surface area contributed by atoms with Gasteiger partial charge in [-0.05, 0) is 69.0 Å². The summed E-state index contributed by atoms with van der Waals surface area (Å²) in [6.45, 7) is 5.27. The van der Waals surface area contributed by atoms with E-state index in [0.29, 0.717) is 5.75 Å². The Bertz CT molecular complexity index is 879. The molecule has 2 rings (SSSR count).